The number of Topliss-reactive ketones (excluding diaryl/α,β-unsaturated/α-hetero) is 1. The van der Waals surface area contributed by atoms with Crippen LogP contribution in [-0.4, -0.2) is 25.3 Å². The van der Waals surface area contributed by atoms with E-state index in [0.717, 1.165) is 17.9 Å². The molecule has 0 aromatic heterocycles. The highest BCUT2D eigenvalue weighted by Gasteiger charge is 2.11. The van der Waals surface area contributed by atoms with Crippen LogP contribution in [0.5, 0.6) is 0 Å². The molecule has 4 heteroatoms. The molecule has 0 aliphatic heterocycles. The van der Waals surface area contributed by atoms with E-state index < -0.39 is 0 Å². The SMILES string of the molecule is CCc1ccc(C[NH+](C)CC(=O)Nc2cccc(C(C)=O)c2)cc1. The number of likely N-dealkylation sites (N-methyl/N-ethyl adjacent to an activating group) is 1. The number of anilines is 1. The maximum absolute atomic E-state index is 12.2. The third-order valence-electron chi connectivity index (χ3n) is 3.95. The van der Waals surface area contributed by atoms with Gasteiger partial charge in [-0.3, -0.25) is 9.59 Å². The van der Waals surface area contributed by atoms with Gasteiger partial charge in [0.25, 0.3) is 5.91 Å². The van der Waals surface area contributed by atoms with Crippen molar-refractivity contribution in [3.63, 3.8) is 0 Å². The lowest BCUT2D eigenvalue weighted by atomic mass is 10.1. The van der Waals surface area contributed by atoms with Crippen molar-refractivity contribution in [1.82, 2.24) is 0 Å². The molecule has 1 amide bonds. The highest BCUT2D eigenvalue weighted by molar-refractivity contribution is 5.97. The monoisotopic (exact) mass is 325 g/mol. The molecular weight excluding hydrogens is 300 g/mol. The van der Waals surface area contributed by atoms with Gasteiger partial charge in [0.15, 0.2) is 12.3 Å². The normalized spacial score (nSPS) is 11.8. The van der Waals surface area contributed by atoms with E-state index in [1.807, 2.05) is 7.05 Å². The van der Waals surface area contributed by atoms with E-state index in [2.05, 4.69) is 36.5 Å². The van der Waals surface area contributed by atoms with Gasteiger partial charge in [0.05, 0.1) is 7.05 Å². The van der Waals surface area contributed by atoms with Crippen molar-refractivity contribution in [3.05, 3.63) is 65.2 Å². The van der Waals surface area contributed by atoms with Crippen LogP contribution in [0.15, 0.2) is 48.5 Å². The first kappa shape index (κ1) is 17.9. The zero-order valence-corrected chi connectivity index (χ0v) is 14.6. The summed E-state index contributed by atoms with van der Waals surface area (Å²) in [5.41, 5.74) is 3.80. The van der Waals surface area contributed by atoms with Crippen LogP contribution in [0, 0.1) is 0 Å². The molecule has 0 heterocycles. The summed E-state index contributed by atoms with van der Waals surface area (Å²) in [6.07, 6.45) is 1.03. The number of hydrogen-bond acceptors (Lipinski definition) is 2. The third kappa shape index (κ3) is 5.32. The summed E-state index contributed by atoms with van der Waals surface area (Å²) in [6.45, 7) is 4.82. The van der Waals surface area contributed by atoms with E-state index in [4.69, 9.17) is 0 Å². The fourth-order valence-electron chi connectivity index (χ4n) is 2.60. The van der Waals surface area contributed by atoms with Crippen LogP contribution in [0.4, 0.5) is 5.69 Å². The molecule has 2 N–H and O–H groups in total. The predicted octanol–water partition coefficient (Wildman–Crippen LogP) is 2.10. The van der Waals surface area contributed by atoms with Crippen LogP contribution in [0.2, 0.25) is 0 Å². The Morgan fingerprint density at radius 3 is 2.33 bits per heavy atom. The van der Waals surface area contributed by atoms with Crippen molar-refractivity contribution in [2.45, 2.75) is 26.8 Å². The Bertz CT molecular complexity index is 708. The van der Waals surface area contributed by atoms with Gasteiger partial charge in [-0.15, -0.1) is 0 Å². The molecule has 24 heavy (non-hydrogen) atoms. The van der Waals surface area contributed by atoms with Gasteiger partial charge in [-0.25, -0.2) is 0 Å². The molecule has 1 unspecified atom stereocenters. The van der Waals surface area contributed by atoms with Crippen LogP contribution in [0.25, 0.3) is 0 Å². The van der Waals surface area contributed by atoms with E-state index in [0.29, 0.717) is 17.8 Å². The highest BCUT2D eigenvalue weighted by Crippen LogP contribution is 2.10. The fraction of sp³-hybridized carbons (Fsp3) is 0.300. The Balaban J connectivity index is 1.89. The standard InChI is InChI=1S/C20H24N2O2/c1-4-16-8-10-17(11-9-16)13-22(3)14-20(24)21-19-7-5-6-18(12-19)15(2)23/h5-12H,4,13-14H2,1-3H3,(H,21,24)/p+1. The van der Waals surface area contributed by atoms with Gasteiger partial charge in [0, 0.05) is 16.8 Å². The molecule has 0 aliphatic carbocycles. The summed E-state index contributed by atoms with van der Waals surface area (Å²) in [4.78, 5) is 24.7. The van der Waals surface area contributed by atoms with Gasteiger partial charge in [-0.1, -0.05) is 43.3 Å². The molecule has 0 spiro atoms. The number of quaternary nitrogens is 1. The minimum absolute atomic E-state index is 0.00984. The maximum atomic E-state index is 12.2. The first-order chi connectivity index (χ1) is 11.5. The molecule has 0 radical (unpaired) electrons. The summed E-state index contributed by atoms with van der Waals surface area (Å²) in [6, 6.07) is 15.5. The van der Waals surface area contributed by atoms with Gasteiger partial charge >= 0.3 is 0 Å². The molecule has 0 aliphatic rings. The first-order valence-electron chi connectivity index (χ1n) is 8.28. The molecule has 2 aromatic rings. The van der Waals surface area contributed by atoms with Crippen LogP contribution in [-0.2, 0) is 17.8 Å². The number of amides is 1. The van der Waals surface area contributed by atoms with Gasteiger partial charge in [0.2, 0.25) is 0 Å². The average Bonchev–Trinajstić information content (AvgIpc) is 2.55. The zero-order chi connectivity index (χ0) is 17.5. The molecule has 126 valence electrons. The molecule has 2 aromatic carbocycles. The number of benzene rings is 2. The van der Waals surface area contributed by atoms with Crippen LogP contribution in [0.3, 0.4) is 0 Å². The van der Waals surface area contributed by atoms with Crippen molar-refractivity contribution in [2.75, 3.05) is 18.9 Å². The van der Waals surface area contributed by atoms with Gasteiger partial charge in [0.1, 0.15) is 6.54 Å². The summed E-state index contributed by atoms with van der Waals surface area (Å²) in [5.74, 6) is -0.0669. The number of rotatable bonds is 7. The number of carbonyl (C=O) groups is 2. The van der Waals surface area contributed by atoms with Crippen LogP contribution in [0.1, 0.15) is 35.3 Å². The smallest absolute Gasteiger partial charge is 0.279 e. The van der Waals surface area contributed by atoms with E-state index in [1.165, 1.54) is 18.1 Å². The van der Waals surface area contributed by atoms with Gasteiger partial charge in [-0.05, 0) is 31.0 Å². The Kier molecular flexibility index (Phi) is 6.27. The quantitative estimate of drug-likeness (QED) is 0.766. The number of hydrogen-bond donors (Lipinski definition) is 2. The molecule has 0 saturated heterocycles. The molecule has 2 rings (SSSR count). The lowest BCUT2D eigenvalue weighted by Crippen LogP contribution is -3.08. The second-order valence-electron chi connectivity index (χ2n) is 6.17. The van der Waals surface area contributed by atoms with E-state index in [9.17, 15) is 9.59 Å². The summed E-state index contributed by atoms with van der Waals surface area (Å²) >= 11 is 0. The number of ketones is 1. The van der Waals surface area contributed by atoms with Crippen molar-refractivity contribution in [1.29, 1.82) is 0 Å². The second-order valence-corrected chi connectivity index (χ2v) is 6.17. The van der Waals surface area contributed by atoms with E-state index in [-0.39, 0.29) is 11.7 Å². The Hall–Kier alpha value is -2.46. The summed E-state index contributed by atoms with van der Waals surface area (Å²) < 4.78 is 0. The molecule has 0 bridgehead atoms. The van der Waals surface area contributed by atoms with Crippen molar-refractivity contribution >= 4 is 17.4 Å². The van der Waals surface area contributed by atoms with Crippen LogP contribution >= 0.6 is 0 Å². The average molecular weight is 325 g/mol. The van der Waals surface area contributed by atoms with Crippen molar-refractivity contribution < 1.29 is 14.5 Å². The molecule has 1 atom stereocenters. The Morgan fingerprint density at radius 1 is 1.04 bits per heavy atom. The van der Waals surface area contributed by atoms with Crippen LogP contribution < -0.4 is 10.2 Å². The summed E-state index contributed by atoms with van der Waals surface area (Å²) in [5, 5.41) is 2.86. The number of nitrogens with one attached hydrogen (secondary N) is 2. The second kappa shape index (κ2) is 8.41. The number of aryl methyl sites for hydroxylation is 1. The lowest BCUT2D eigenvalue weighted by Gasteiger charge is -2.14. The highest BCUT2D eigenvalue weighted by atomic mass is 16.2. The minimum Gasteiger partial charge on any atom is -0.326 e. The Labute approximate surface area is 143 Å². The third-order valence-corrected chi connectivity index (χ3v) is 3.95. The minimum atomic E-state index is -0.0571. The topological polar surface area (TPSA) is 50.6 Å². The van der Waals surface area contributed by atoms with Crippen molar-refractivity contribution in [3.8, 4) is 0 Å². The molecular formula is C20H25N2O2+. The largest absolute Gasteiger partial charge is 0.326 e. The van der Waals surface area contributed by atoms with Crippen molar-refractivity contribution in [2.24, 2.45) is 0 Å². The zero-order valence-electron chi connectivity index (χ0n) is 14.6. The van der Waals surface area contributed by atoms with E-state index in [1.54, 1.807) is 24.3 Å². The predicted molar refractivity (Wildman–Crippen MR) is 96.4 cm³/mol. The molecule has 0 saturated carbocycles. The Morgan fingerprint density at radius 2 is 1.71 bits per heavy atom. The van der Waals surface area contributed by atoms with Gasteiger partial charge < -0.3 is 10.2 Å². The molecule has 4 nitrogen and oxygen atoms in total. The fourth-order valence-corrected chi connectivity index (χ4v) is 2.60. The lowest BCUT2D eigenvalue weighted by molar-refractivity contribution is -0.885. The van der Waals surface area contributed by atoms with E-state index >= 15 is 0 Å². The molecule has 0 fully saturated rings. The maximum Gasteiger partial charge on any atom is 0.279 e. The van der Waals surface area contributed by atoms with Gasteiger partial charge in [-0.2, -0.15) is 0 Å². The number of carbonyl (C=O) groups excluding carboxylic acids is 2. The summed E-state index contributed by atoms with van der Waals surface area (Å²) in [7, 11) is 2.00. The first-order valence-corrected chi connectivity index (χ1v) is 8.28.